The van der Waals surface area contributed by atoms with Crippen LogP contribution in [0.5, 0.6) is 17.4 Å². The number of rotatable bonds is 3. The number of nitrogens with zero attached hydrogens (tertiary/aromatic N) is 5. The molecular formula is C28H35N5O3. The van der Waals surface area contributed by atoms with E-state index in [4.69, 9.17) is 9.47 Å². The van der Waals surface area contributed by atoms with Crippen molar-refractivity contribution in [2.45, 2.75) is 57.7 Å². The molecule has 3 aromatic rings. The van der Waals surface area contributed by atoms with Crippen LogP contribution in [0.2, 0.25) is 0 Å². The Kier molecular flexibility index (Phi) is 8.13. The molecule has 0 atom stereocenters. The second-order valence-electron chi connectivity index (χ2n) is 9.57. The molecule has 1 fully saturated rings. The summed E-state index contributed by atoms with van der Waals surface area (Å²) in [5, 5.41) is 4.17. The molecule has 190 valence electrons. The van der Waals surface area contributed by atoms with E-state index >= 15 is 0 Å². The number of aromatic nitrogens is 3. The number of pyridine rings is 1. The molecule has 0 bridgehead atoms. The average molecular weight is 490 g/mol. The molecule has 0 saturated carbocycles. The third kappa shape index (κ3) is 6.23. The molecule has 2 aromatic heterocycles. The zero-order valence-corrected chi connectivity index (χ0v) is 20.8. The first-order valence-corrected chi connectivity index (χ1v) is 13.1. The Hall–Kier alpha value is -3.39. The number of piperidine rings is 1. The van der Waals surface area contributed by atoms with Crippen LogP contribution in [0.15, 0.2) is 61.1 Å². The Bertz CT molecular complexity index is 1110. The van der Waals surface area contributed by atoms with Gasteiger partial charge in [-0.3, -0.25) is 14.4 Å². The monoisotopic (exact) mass is 489 g/mol. The van der Waals surface area contributed by atoms with Crippen LogP contribution in [0, 0.1) is 0 Å². The number of hydrogen-bond donors (Lipinski definition) is 0. The lowest BCUT2D eigenvalue weighted by atomic mass is 10.0. The summed E-state index contributed by atoms with van der Waals surface area (Å²) in [4.78, 5) is 21.9. The lowest BCUT2D eigenvalue weighted by Crippen LogP contribution is -2.47. The predicted molar refractivity (Wildman–Crippen MR) is 137 cm³/mol. The number of likely N-dealkylation sites (tertiary alicyclic amines) is 1. The summed E-state index contributed by atoms with van der Waals surface area (Å²) in [5.41, 5.74) is 1.07. The molecule has 0 spiro atoms. The van der Waals surface area contributed by atoms with Crippen molar-refractivity contribution >= 4 is 5.91 Å². The van der Waals surface area contributed by atoms with Crippen LogP contribution in [-0.2, 0) is 17.9 Å². The number of fused-ring (bicyclic) bond motifs is 2. The average Bonchev–Trinajstić information content (AvgIpc) is 3.42. The van der Waals surface area contributed by atoms with Crippen LogP contribution in [0.4, 0.5) is 0 Å². The van der Waals surface area contributed by atoms with E-state index < -0.39 is 0 Å². The predicted octanol–water partition coefficient (Wildman–Crippen LogP) is 4.52. The van der Waals surface area contributed by atoms with Gasteiger partial charge in [0.2, 0.25) is 11.8 Å². The van der Waals surface area contributed by atoms with Crippen molar-refractivity contribution in [3.63, 3.8) is 0 Å². The molecule has 1 amide bonds. The largest absolute Gasteiger partial charge is 0.490 e. The molecule has 0 unspecified atom stereocenters. The minimum atomic E-state index is 0.141. The van der Waals surface area contributed by atoms with Gasteiger partial charge in [-0.05, 0) is 56.5 Å². The first-order chi connectivity index (χ1) is 17.8. The van der Waals surface area contributed by atoms with Gasteiger partial charge in [0.1, 0.15) is 6.54 Å². The highest BCUT2D eigenvalue weighted by molar-refractivity contribution is 5.76. The van der Waals surface area contributed by atoms with Crippen LogP contribution in [0.25, 0.3) is 0 Å². The van der Waals surface area contributed by atoms with Crippen molar-refractivity contribution in [1.29, 1.82) is 0 Å². The summed E-state index contributed by atoms with van der Waals surface area (Å²) >= 11 is 0. The van der Waals surface area contributed by atoms with Crippen molar-refractivity contribution in [1.82, 2.24) is 24.6 Å². The van der Waals surface area contributed by atoms with E-state index in [9.17, 15) is 4.79 Å². The number of para-hydroxylation sites is 2. The number of ether oxygens (including phenoxy) is 2. The van der Waals surface area contributed by atoms with Crippen LogP contribution in [0.1, 0.15) is 44.1 Å². The molecule has 8 nitrogen and oxygen atoms in total. The van der Waals surface area contributed by atoms with Gasteiger partial charge in [0, 0.05) is 49.8 Å². The van der Waals surface area contributed by atoms with Crippen LogP contribution in [0.3, 0.4) is 0 Å². The molecule has 1 aromatic carbocycles. The fourth-order valence-electron chi connectivity index (χ4n) is 5.07. The lowest BCUT2D eigenvalue weighted by molar-refractivity contribution is -0.133. The van der Waals surface area contributed by atoms with E-state index in [1.165, 1.54) is 6.42 Å². The fourth-order valence-corrected chi connectivity index (χ4v) is 5.07. The smallest absolute Gasteiger partial charge is 0.244 e. The zero-order chi connectivity index (χ0) is 24.6. The van der Waals surface area contributed by atoms with E-state index in [1.54, 1.807) is 17.1 Å². The summed E-state index contributed by atoms with van der Waals surface area (Å²) in [6, 6.07) is 14.2. The number of amides is 1. The second-order valence-corrected chi connectivity index (χ2v) is 9.57. The molecule has 0 N–H and O–H groups in total. The Balaban J connectivity index is 1.29. The molecule has 2 aliphatic heterocycles. The standard InChI is InChI=1S/C28H35N5O3/c34-27(22-33-17-8-15-30-33)31-18-12-24(13-19-31)32-16-5-1-2-6-20-35-25-10-3-4-11-26(25)36-28-23(21-32)9-7-14-29-28/h3-4,7-11,14-15,17,24H,1-2,5-6,12-13,16,18-22H2. The van der Waals surface area contributed by atoms with Gasteiger partial charge in [-0.25, -0.2) is 4.98 Å². The summed E-state index contributed by atoms with van der Waals surface area (Å²) in [5.74, 6) is 2.23. The first-order valence-electron chi connectivity index (χ1n) is 13.1. The summed E-state index contributed by atoms with van der Waals surface area (Å²) < 4.78 is 14.0. The molecule has 0 aliphatic carbocycles. The first kappa shape index (κ1) is 24.3. The zero-order valence-electron chi connectivity index (χ0n) is 20.8. The second kappa shape index (κ2) is 12.0. The van der Waals surface area contributed by atoms with Gasteiger partial charge in [0.05, 0.1) is 6.61 Å². The van der Waals surface area contributed by atoms with Crippen molar-refractivity contribution < 1.29 is 14.3 Å². The molecule has 0 radical (unpaired) electrons. The minimum Gasteiger partial charge on any atom is -0.490 e. The Labute approximate surface area is 212 Å². The minimum absolute atomic E-state index is 0.141. The SMILES string of the molecule is O=C(Cn1cccn1)N1CCC(N2CCCCCCOc3ccccc3Oc3ncccc3C2)CC1. The third-order valence-electron chi connectivity index (χ3n) is 7.07. The highest BCUT2D eigenvalue weighted by Crippen LogP contribution is 2.33. The Morgan fingerprint density at radius 3 is 2.58 bits per heavy atom. The highest BCUT2D eigenvalue weighted by Gasteiger charge is 2.28. The van der Waals surface area contributed by atoms with E-state index in [0.29, 0.717) is 30.8 Å². The summed E-state index contributed by atoms with van der Waals surface area (Å²) in [6.45, 7) is 4.35. The van der Waals surface area contributed by atoms with E-state index in [-0.39, 0.29) is 5.91 Å². The number of benzene rings is 1. The number of carbonyl (C=O) groups excluding carboxylic acids is 1. The Morgan fingerprint density at radius 2 is 1.75 bits per heavy atom. The van der Waals surface area contributed by atoms with Gasteiger partial charge in [0.15, 0.2) is 11.5 Å². The highest BCUT2D eigenvalue weighted by atomic mass is 16.5. The van der Waals surface area contributed by atoms with Crippen LogP contribution < -0.4 is 9.47 Å². The van der Waals surface area contributed by atoms with Gasteiger partial charge in [-0.15, -0.1) is 0 Å². The number of hydrogen-bond acceptors (Lipinski definition) is 6. The summed E-state index contributed by atoms with van der Waals surface area (Å²) in [6.07, 6.45) is 11.8. The molecule has 5 rings (SSSR count). The Morgan fingerprint density at radius 1 is 0.917 bits per heavy atom. The molecule has 4 heterocycles. The normalized spacial score (nSPS) is 18.3. The molecule has 2 aliphatic rings. The van der Waals surface area contributed by atoms with Gasteiger partial charge < -0.3 is 14.4 Å². The van der Waals surface area contributed by atoms with Gasteiger partial charge in [0.25, 0.3) is 0 Å². The van der Waals surface area contributed by atoms with Crippen molar-refractivity contribution in [2.75, 3.05) is 26.2 Å². The molecular weight excluding hydrogens is 454 g/mol. The van der Waals surface area contributed by atoms with Gasteiger partial charge in [-0.1, -0.05) is 31.0 Å². The number of carbonyl (C=O) groups is 1. The molecule has 8 heteroatoms. The summed E-state index contributed by atoms with van der Waals surface area (Å²) in [7, 11) is 0. The van der Waals surface area contributed by atoms with Crippen molar-refractivity contribution in [2.24, 2.45) is 0 Å². The maximum absolute atomic E-state index is 12.7. The molecule has 1 saturated heterocycles. The maximum Gasteiger partial charge on any atom is 0.244 e. The quantitative estimate of drug-likeness (QED) is 0.539. The van der Waals surface area contributed by atoms with Gasteiger partial charge in [-0.2, -0.15) is 5.10 Å². The van der Waals surface area contributed by atoms with Gasteiger partial charge >= 0.3 is 0 Å². The van der Waals surface area contributed by atoms with Crippen molar-refractivity contribution in [3.8, 4) is 17.4 Å². The van der Waals surface area contributed by atoms with Crippen LogP contribution in [-0.4, -0.2) is 62.8 Å². The van der Waals surface area contributed by atoms with Crippen molar-refractivity contribution in [3.05, 3.63) is 66.6 Å². The fraction of sp³-hybridized carbons (Fsp3) is 0.464. The van der Waals surface area contributed by atoms with E-state index in [1.807, 2.05) is 47.5 Å². The molecule has 36 heavy (non-hydrogen) atoms. The topological polar surface area (TPSA) is 72.7 Å². The van der Waals surface area contributed by atoms with E-state index in [2.05, 4.69) is 21.0 Å². The van der Waals surface area contributed by atoms with E-state index in [0.717, 1.165) is 69.6 Å². The lowest BCUT2D eigenvalue weighted by Gasteiger charge is -2.39. The third-order valence-corrected chi connectivity index (χ3v) is 7.07. The maximum atomic E-state index is 12.7. The van der Waals surface area contributed by atoms with Crippen LogP contribution >= 0.6 is 0 Å².